The van der Waals surface area contributed by atoms with Crippen molar-refractivity contribution in [3.8, 4) is 6.07 Å². The number of hydrogen-bond acceptors (Lipinski definition) is 8. The molecule has 6 fully saturated rings. The van der Waals surface area contributed by atoms with Crippen LogP contribution in [0.25, 0.3) is 0 Å². The van der Waals surface area contributed by atoms with Gasteiger partial charge >= 0.3 is 18.0 Å². The van der Waals surface area contributed by atoms with Crippen LogP contribution in [0.4, 0.5) is 9.59 Å². The van der Waals surface area contributed by atoms with Crippen molar-refractivity contribution in [2.45, 2.75) is 151 Å². The summed E-state index contributed by atoms with van der Waals surface area (Å²) in [4.78, 5) is 51.1. The Hall–Kier alpha value is -4.22. The molecule has 2 heterocycles. The molecular formula is C52H77N7O6. The first-order chi connectivity index (χ1) is 30.5. The van der Waals surface area contributed by atoms with E-state index >= 15 is 0 Å². The fourth-order valence-corrected chi connectivity index (χ4v) is 12.2. The molecule has 0 bridgehead atoms. The Balaban J connectivity index is 0.000000194. The van der Waals surface area contributed by atoms with Gasteiger partial charge in [0.2, 0.25) is 0 Å². The summed E-state index contributed by atoms with van der Waals surface area (Å²) in [7, 11) is 8.56. The van der Waals surface area contributed by atoms with E-state index in [-0.39, 0.29) is 40.8 Å². The van der Waals surface area contributed by atoms with Gasteiger partial charge in [-0.25, -0.2) is 9.59 Å². The molecule has 13 heteroatoms. The van der Waals surface area contributed by atoms with E-state index in [4.69, 9.17) is 0 Å². The number of β-amino-alcohol motifs (C(OH)–C–C–N with tert-alkyl or cyclic N) is 2. The lowest BCUT2D eigenvalue weighted by atomic mass is 9.67. The smallest absolute Gasteiger partial charge is 0.320 e. The van der Waals surface area contributed by atoms with Crippen LogP contribution in [0.2, 0.25) is 0 Å². The van der Waals surface area contributed by atoms with E-state index in [1.165, 1.54) is 11.1 Å². The molecule has 0 atom stereocenters. The van der Waals surface area contributed by atoms with E-state index in [0.717, 1.165) is 89.9 Å². The van der Waals surface area contributed by atoms with Crippen LogP contribution in [0.1, 0.15) is 129 Å². The minimum Gasteiger partial charge on any atom is -0.481 e. The van der Waals surface area contributed by atoms with E-state index in [2.05, 4.69) is 98.7 Å². The summed E-state index contributed by atoms with van der Waals surface area (Å²) in [6.45, 7) is 9.65. The van der Waals surface area contributed by atoms with Crippen LogP contribution in [-0.4, -0.2) is 152 Å². The summed E-state index contributed by atoms with van der Waals surface area (Å²) in [5, 5.41) is 41.1. The summed E-state index contributed by atoms with van der Waals surface area (Å²) in [6, 6.07) is 23.5. The van der Waals surface area contributed by atoms with Crippen LogP contribution in [0.15, 0.2) is 60.7 Å². The summed E-state index contributed by atoms with van der Waals surface area (Å²) in [5.41, 5.74) is -1.34. The highest BCUT2D eigenvalue weighted by molar-refractivity contribution is 5.81. The van der Waals surface area contributed by atoms with Gasteiger partial charge in [-0.1, -0.05) is 60.7 Å². The molecule has 4 aliphatic carbocycles. The van der Waals surface area contributed by atoms with Crippen molar-refractivity contribution in [3.05, 3.63) is 71.8 Å². The number of urea groups is 2. The maximum absolute atomic E-state index is 13.6. The summed E-state index contributed by atoms with van der Waals surface area (Å²) >= 11 is 0. The molecule has 2 aromatic carbocycles. The molecular weight excluding hydrogens is 819 g/mol. The van der Waals surface area contributed by atoms with Crippen molar-refractivity contribution in [3.63, 3.8) is 0 Å². The van der Waals surface area contributed by atoms with Gasteiger partial charge in [0.05, 0.1) is 52.3 Å². The van der Waals surface area contributed by atoms with Crippen LogP contribution < -0.4 is 0 Å². The van der Waals surface area contributed by atoms with E-state index in [9.17, 15) is 35.0 Å². The first-order valence-corrected chi connectivity index (χ1v) is 24.2. The lowest BCUT2D eigenvalue weighted by molar-refractivity contribution is -0.147. The zero-order valence-corrected chi connectivity index (χ0v) is 40.6. The van der Waals surface area contributed by atoms with Crippen molar-refractivity contribution in [2.24, 2.45) is 10.8 Å². The number of nitriles is 1. The third-order valence-electron chi connectivity index (χ3n) is 17.0. The number of nitrogens with zero attached hydrogens (tertiary/aromatic N) is 7. The molecule has 2 aliphatic heterocycles. The van der Waals surface area contributed by atoms with E-state index in [1.807, 2.05) is 34.6 Å². The maximum Gasteiger partial charge on any atom is 0.320 e. The van der Waals surface area contributed by atoms with Gasteiger partial charge in [-0.15, -0.1) is 0 Å². The molecule has 0 unspecified atom stereocenters. The van der Waals surface area contributed by atoms with Gasteiger partial charge in [0.15, 0.2) is 0 Å². The zero-order chi connectivity index (χ0) is 47.3. The predicted octanol–water partition coefficient (Wildman–Crippen LogP) is 7.48. The quantitative estimate of drug-likeness (QED) is 0.186. The number of carboxylic acid groups (broad SMARTS) is 1. The van der Waals surface area contributed by atoms with Crippen LogP contribution in [0.5, 0.6) is 0 Å². The third kappa shape index (κ3) is 9.26. The van der Waals surface area contributed by atoms with Crippen molar-refractivity contribution >= 4 is 18.0 Å². The lowest BCUT2D eigenvalue weighted by Gasteiger charge is -2.52. The van der Waals surface area contributed by atoms with Crippen LogP contribution in [0.3, 0.4) is 0 Å². The molecule has 2 aromatic rings. The molecule has 2 spiro atoms. The van der Waals surface area contributed by atoms with Gasteiger partial charge in [0.1, 0.15) is 0 Å². The maximum atomic E-state index is 13.6. The Morgan fingerprint density at radius 3 is 1.26 bits per heavy atom. The van der Waals surface area contributed by atoms with Gasteiger partial charge in [-0.2, -0.15) is 5.26 Å². The minimum atomic E-state index is -1.02. The van der Waals surface area contributed by atoms with Crippen LogP contribution >= 0.6 is 0 Å². The molecule has 356 valence electrons. The Bertz CT molecular complexity index is 2060. The number of rotatable bonds is 13. The van der Waals surface area contributed by atoms with E-state index < -0.39 is 28.0 Å². The fraction of sp³-hybridized carbons (Fsp3) is 0.692. The largest absolute Gasteiger partial charge is 0.481 e. The number of aliphatic hydroxyl groups is 2. The van der Waals surface area contributed by atoms with Crippen LogP contribution in [-0.2, 0) is 15.9 Å². The molecule has 0 aromatic heterocycles. The van der Waals surface area contributed by atoms with Crippen molar-refractivity contribution in [1.29, 1.82) is 5.26 Å². The predicted molar refractivity (Wildman–Crippen MR) is 252 cm³/mol. The van der Waals surface area contributed by atoms with E-state index in [0.29, 0.717) is 32.7 Å². The second-order valence-corrected chi connectivity index (χ2v) is 22.8. The van der Waals surface area contributed by atoms with E-state index in [1.54, 1.807) is 18.7 Å². The van der Waals surface area contributed by atoms with Crippen LogP contribution in [0, 0.1) is 22.2 Å². The monoisotopic (exact) mass is 896 g/mol. The second kappa shape index (κ2) is 17.8. The molecule has 2 saturated heterocycles. The highest BCUT2D eigenvalue weighted by Gasteiger charge is 2.59. The summed E-state index contributed by atoms with van der Waals surface area (Å²) < 4.78 is 0. The molecule has 4 amide bonds. The Morgan fingerprint density at radius 2 is 0.969 bits per heavy atom. The Morgan fingerprint density at radius 1 is 0.615 bits per heavy atom. The standard InChI is InChI=1S/C26H38N4O2.C26H39N3O4/c1-23(2,17-27)18-29-19-24(30(22(29)31)20-25(32)11-8-12-25)13-15-26(16-14-24,28(3)4)21-9-6-5-7-10-21;1-23(2,21(30)31)17-28-18-24(29(22(28)32)19-25(33)11-8-12-25)13-15-26(16-14-24,27(3)4)20-9-6-5-7-10-20/h5-7,9-10,32H,8,11-16,18-20H2,1-4H3;5-7,9-10,33H,8,11-19H2,1-4H3,(H,30,31). The molecule has 4 saturated carbocycles. The Kier molecular flexibility index (Phi) is 13.3. The topological polar surface area (TPSA) is 155 Å². The zero-order valence-electron chi connectivity index (χ0n) is 40.6. The molecule has 13 nitrogen and oxygen atoms in total. The fourth-order valence-electron chi connectivity index (χ4n) is 12.2. The molecule has 6 aliphatic rings. The van der Waals surface area contributed by atoms with Crippen molar-refractivity contribution < 1.29 is 29.7 Å². The van der Waals surface area contributed by atoms with Gasteiger partial charge in [0.25, 0.3) is 0 Å². The number of carbonyl (C=O) groups is 3. The second-order valence-electron chi connectivity index (χ2n) is 22.8. The summed E-state index contributed by atoms with van der Waals surface area (Å²) in [5.74, 6) is -0.903. The number of benzene rings is 2. The first-order valence-electron chi connectivity index (χ1n) is 24.2. The number of hydrogen-bond donors (Lipinski definition) is 3. The molecule has 8 rings (SSSR count). The molecule has 65 heavy (non-hydrogen) atoms. The minimum absolute atomic E-state index is 0.00860. The average Bonchev–Trinajstić information content (AvgIpc) is 3.63. The Labute approximate surface area is 388 Å². The third-order valence-corrected chi connectivity index (χ3v) is 17.0. The average molecular weight is 896 g/mol. The SMILES string of the molecule is CN(C)C1(c2ccccc2)CCC2(CC1)CN(CC(C)(C)C#N)C(=O)N2CC1(O)CCC1.CN(C)C1(c2ccccc2)CCC2(CC1)CN(CC(C)(C)C(=O)O)C(=O)N2CC1(O)CCC1. The normalized spacial score (nSPS) is 29.8. The number of aliphatic carboxylic acids is 1. The summed E-state index contributed by atoms with van der Waals surface area (Å²) in [6.07, 6.45) is 12.2. The molecule has 3 N–H and O–H groups in total. The van der Waals surface area contributed by atoms with Gasteiger partial charge in [0, 0.05) is 37.3 Å². The van der Waals surface area contributed by atoms with Gasteiger partial charge in [-0.3, -0.25) is 14.6 Å². The number of carboxylic acids is 1. The lowest BCUT2D eigenvalue weighted by Crippen LogP contribution is -2.59. The number of carbonyl (C=O) groups excluding carboxylic acids is 2. The number of amides is 4. The van der Waals surface area contributed by atoms with Crippen molar-refractivity contribution in [1.82, 2.24) is 29.4 Å². The molecule has 0 radical (unpaired) electrons. The van der Waals surface area contributed by atoms with Gasteiger partial charge in [-0.05, 0) is 157 Å². The van der Waals surface area contributed by atoms with Crippen molar-refractivity contribution in [2.75, 3.05) is 67.5 Å². The highest BCUT2D eigenvalue weighted by Crippen LogP contribution is 2.52. The first kappa shape index (κ1) is 48.7. The van der Waals surface area contributed by atoms with Gasteiger partial charge < -0.3 is 34.9 Å². The highest BCUT2D eigenvalue weighted by atomic mass is 16.4.